The van der Waals surface area contributed by atoms with Crippen LogP contribution in [0.2, 0.25) is 0 Å². The summed E-state index contributed by atoms with van der Waals surface area (Å²) in [6.45, 7) is 1.80. The Morgan fingerprint density at radius 2 is 1.88 bits per heavy atom. The molecular weight excluding hydrogens is 466 g/mol. The van der Waals surface area contributed by atoms with Crippen molar-refractivity contribution in [2.45, 2.75) is 35.2 Å². The Balaban J connectivity index is 1.81. The number of carbonyl (C=O) groups excluding carboxylic acids is 2. The fourth-order valence-electron chi connectivity index (χ4n) is 3.29. The topological polar surface area (TPSA) is 127 Å². The molecule has 1 unspecified atom stereocenters. The smallest absolute Gasteiger partial charge is 0.335 e. The molecule has 1 aliphatic heterocycles. The molecule has 0 bridgehead atoms. The molecule has 2 N–H and O–H groups in total. The van der Waals surface area contributed by atoms with Crippen molar-refractivity contribution in [3.05, 3.63) is 59.2 Å². The molecule has 0 saturated carbocycles. The molecule has 1 heterocycles. The number of methoxy groups -OCH3 is 1. The lowest BCUT2D eigenvalue weighted by atomic mass is 10.0. The van der Waals surface area contributed by atoms with E-state index in [4.69, 9.17) is 9.84 Å². The van der Waals surface area contributed by atoms with Crippen molar-refractivity contribution in [3.63, 3.8) is 0 Å². The number of amides is 2. The van der Waals surface area contributed by atoms with Gasteiger partial charge in [0.2, 0.25) is 13.9 Å². The van der Waals surface area contributed by atoms with Crippen LogP contribution in [0.25, 0.3) is 0 Å². The van der Waals surface area contributed by atoms with Crippen molar-refractivity contribution in [2.24, 2.45) is 0 Å². The number of aromatic carboxylic acids is 1. The van der Waals surface area contributed by atoms with Gasteiger partial charge in [0.05, 0.1) is 17.6 Å². The van der Waals surface area contributed by atoms with Crippen LogP contribution in [-0.4, -0.2) is 41.8 Å². The Kier molecular flexibility index (Phi) is 7.15. The quantitative estimate of drug-likeness (QED) is 0.450. The predicted molar refractivity (Wildman–Crippen MR) is 123 cm³/mol. The summed E-state index contributed by atoms with van der Waals surface area (Å²) in [5.41, 5.74) is 1.48. The fraction of sp³-hybridized carbons (Fsp3) is 0.261. The van der Waals surface area contributed by atoms with Crippen LogP contribution >= 0.6 is 11.8 Å². The Labute approximate surface area is 195 Å². The summed E-state index contributed by atoms with van der Waals surface area (Å²) in [4.78, 5) is 35.6. The van der Waals surface area contributed by atoms with E-state index in [9.17, 15) is 22.8 Å². The normalized spacial score (nSPS) is 17.8. The minimum atomic E-state index is -4.21. The number of aryl methyl sites for hydroxylation is 1. The first-order valence-corrected chi connectivity index (χ1v) is 12.2. The van der Waals surface area contributed by atoms with E-state index in [1.807, 2.05) is 0 Å². The highest BCUT2D eigenvalue weighted by molar-refractivity contribution is 8.25. The van der Waals surface area contributed by atoms with Crippen molar-refractivity contribution in [1.82, 2.24) is 5.32 Å². The standard InChI is InChI=1S/C23H21NO7S2/c1-15-7-8-17(20(25)26)14-16(15)6-4-3-5-13-23(21(27)24-22(28)32-23)33(29,30)19-11-9-18(31-2)10-12-19/h7-12,14H,3,5,13H2,1-2H3,(H,25,26)(H,24,27,28). The van der Waals surface area contributed by atoms with E-state index < -0.39 is 31.0 Å². The highest BCUT2D eigenvalue weighted by Crippen LogP contribution is 2.44. The van der Waals surface area contributed by atoms with Gasteiger partial charge in [0.1, 0.15) is 5.75 Å². The summed E-state index contributed by atoms with van der Waals surface area (Å²) in [6, 6.07) is 10.2. The van der Waals surface area contributed by atoms with Gasteiger partial charge in [-0.05, 0) is 73.5 Å². The number of carboxylic acids is 1. The first kappa shape index (κ1) is 24.4. The molecule has 33 heavy (non-hydrogen) atoms. The van der Waals surface area contributed by atoms with Crippen LogP contribution in [0.3, 0.4) is 0 Å². The third-order valence-corrected chi connectivity index (χ3v) is 9.20. The van der Waals surface area contributed by atoms with Crippen LogP contribution in [0.4, 0.5) is 4.79 Å². The number of nitrogens with one attached hydrogen (secondary N) is 1. The van der Waals surface area contributed by atoms with Gasteiger partial charge in [-0.3, -0.25) is 14.9 Å². The van der Waals surface area contributed by atoms with E-state index in [1.54, 1.807) is 13.0 Å². The average molecular weight is 488 g/mol. The highest BCUT2D eigenvalue weighted by atomic mass is 32.3. The largest absolute Gasteiger partial charge is 0.497 e. The van der Waals surface area contributed by atoms with Crippen LogP contribution in [0, 0.1) is 18.8 Å². The van der Waals surface area contributed by atoms with Crippen LogP contribution < -0.4 is 10.1 Å². The van der Waals surface area contributed by atoms with Gasteiger partial charge in [0, 0.05) is 12.0 Å². The lowest BCUT2D eigenvalue weighted by Gasteiger charge is -2.24. The molecule has 0 radical (unpaired) electrons. The van der Waals surface area contributed by atoms with Gasteiger partial charge in [0.25, 0.3) is 11.1 Å². The molecule has 1 atom stereocenters. The molecule has 1 aliphatic rings. The number of hydrogen-bond acceptors (Lipinski definition) is 7. The SMILES string of the molecule is COc1ccc(S(=O)(=O)C2(CCCC#Cc3cc(C(=O)O)ccc3C)SC(=O)NC2=O)cc1. The predicted octanol–water partition coefficient (Wildman–Crippen LogP) is 3.38. The summed E-state index contributed by atoms with van der Waals surface area (Å²) in [5.74, 6) is 4.33. The van der Waals surface area contributed by atoms with Crippen LogP contribution in [0.1, 0.15) is 40.7 Å². The number of ether oxygens (including phenoxy) is 1. The third kappa shape index (κ3) is 4.89. The van der Waals surface area contributed by atoms with Gasteiger partial charge < -0.3 is 9.84 Å². The molecule has 2 amide bonds. The van der Waals surface area contributed by atoms with Gasteiger partial charge in [-0.1, -0.05) is 17.9 Å². The first-order chi connectivity index (χ1) is 15.6. The van der Waals surface area contributed by atoms with E-state index in [1.165, 1.54) is 43.5 Å². The van der Waals surface area contributed by atoms with Crippen molar-refractivity contribution in [2.75, 3.05) is 7.11 Å². The number of carboxylic acid groups (broad SMARTS) is 1. The number of benzene rings is 2. The van der Waals surface area contributed by atoms with E-state index in [0.29, 0.717) is 23.1 Å². The zero-order chi connectivity index (χ0) is 24.2. The number of thioether (sulfide) groups is 1. The van der Waals surface area contributed by atoms with Crippen molar-refractivity contribution < 1.29 is 32.6 Å². The van der Waals surface area contributed by atoms with E-state index >= 15 is 0 Å². The number of carbonyl (C=O) groups is 3. The number of unbranched alkanes of at least 4 members (excludes halogenated alkanes) is 1. The Morgan fingerprint density at radius 1 is 1.18 bits per heavy atom. The summed E-state index contributed by atoms with van der Waals surface area (Å²) >= 11 is 0.463. The van der Waals surface area contributed by atoms with Gasteiger partial charge >= 0.3 is 5.97 Å². The molecule has 0 spiro atoms. The van der Waals surface area contributed by atoms with E-state index in [-0.39, 0.29) is 29.7 Å². The molecule has 10 heteroatoms. The lowest BCUT2D eigenvalue weighted by Crippen LogP contribution is -2.43. The average Bonchev–Trinajstić information content (AvgIpc) is 3.08. The second-order valence-corrected chi connectivity index (χ2v) is 11.0. The molecule has 0 aromatic heterocycles. The molecule has 2 aromatic carbocycles. The highest BCUT2D eigenvalue weighted by Gasteiger charge is 2.57. The van der Waals surface area contributed by atoms with E-state index in [2.05, 4.69) is 17.2 Å². The molecular formula is C23H21NO7S2. The number of imide groups is 1. The van der Waals surface area contributed by atoms with Gasteiger partial charge in [-0.15, -0.1) is 0 Å². The Hall–Kier alpha value is -3.29. The third-order valence-electron chi connectivity index (χ3n) is 5.14. The fourth-order valence-corrected chi connectivity index (χ4v) is 6.66. The number of hydrogen-bond donors (Lipinski definition) is 2. The molecule has 172 valence electrons. The van der Waals surface area contributed by atoms with Crippen molar-refractivity contribution >= 4 is 38.7 Å². The zero-order valence-electron chi connectivity index (χ0n) is 17.9. The molecule has 1 fully saturated rings. The second-order valence-electron chi connectivity index (χ2n) is 7.27. The minimum Gasteiger partial charge on any atom is -0.497 e. The molecule has 8 nitrogen and oxygen atoms in total. The van der Waals surface area contributed by atoms with Gasteiger partial charge in [-0.25, -0.2) is 13.2 Å². The number of rotatable bonds is 7. The minimum absolute atomic E-state index is 0.0900. The summed E-state index contributed by atoms with van der Waals surface area (Å²) in [7, 11) is -2.76. The van der Waals surface area contributed by atoms with Crippen LogP contribution in [0.5, 0.6) is 5.75 Å². The molecule has 1 saturated heterocycles. The van der Waals surface area contributed by atoms with Crippen LogP contribution in [-0.2, 0) is 14.6 Å². The van der Waals surface area contributed by atoms with E-state index in [0.717, 1.165) is 5.56 Å². The maximum atomic E-state index is 13.4. The van der Waals surface area contributed by atoms with Crippen LogP contribution in [0.15, 0.2) is 47.4 Å². The summed E-state index contributed by atoms with van der Waals surface area (Å²) < 4.78 is 29.8. The second kappa shape index (κ2) is 9.68. The number of sulfone groups is 1. The lowest BCUT2D eigenvalue weighted by molar-refractivity contribution is -0.120. The Bertz CT molecular complexity index is 1270. The summed E-state index contributed by atoms with van der Waals surface area (Å²) in [6.07, 6.45) is 0.360. The van der Waals surface area contributed by atoms with Gasteiger partial charge in [0.15, 0.2) is 0 Å². The molecule has 0 aliphatic carbocycles. The van der Waals surface area contributed by atoms with Crippen molar-refractivity contribution in [1.29, 1.82) is 0 Å². The first-order valence-electron chi connectivity index (χ1n) is 9.86. The summed E-state index contributed by atoms with van der Waals surface area (Å²) in [5, 5.41) is 10.5. The zero-order valence-corrected chi connectivity index (χ0v) is 19.5. The van der Waals surface area contributed by atoms with Crippen molar-refractivity contribution in [3.8, 4) is 17.6 Å². The maximum absolute atomic E-state index is 13.4. The van der Waals surface area contributed by atoms with Gasteiger partial charge in [-0.2, -0.15) is 0 Å². The molecule has 3 rings (SSSR count). The Morgan fingerprint density at radius 3 is 2.45 bits per heavy atom. The molecule has 2 aromatic rings. The monoisotopic (exact) mass is 487 g/mol. The maximum Gasteiger partial charge on any atom is 0.335 e.